The van der Waals surface area contributed by atoms with Crippen LogP contribution >= 0.6 is 11.6 Å². The van der Waals surface area contributed by atoms with E-state index in [4.69, 9.17) is 11.6 Å². The number of carbonyl (C=O) groups is 1. The van der Waals surface area contributed by atoms with Gasteiger partial charge in [-0.3, -0.25) is 4.79 Å². The predicted molar refractivity (Wildman–Crippen MR) is 68.9 cm³/mol. The standard InChI is InChI=1S/C12H12BClO4/c1-18-11(15)12(13(16)17)6-8-4-2-3-5-9(8)10(14)7-12/h2-5,7,16-17H,6H2,1H3. The van der Waals surface area contributed by atoms with Gasteiger partial charge in [0, 0.05) is 5.03 Å². The van der Waals surface area contributed by atoms with Gasteiger partial charge >= 0.3 is 13.1 Å². The van der Waals surface area contributed by atoms with Gasteiger partial charge in [0.1, 0.15) is 5.31 Å². The van der Waals surface area contributed by atoms with E-state index in [1.54, 1.807) is 12.1 Å². The number of hydrogen-bond donors (Lipinski definition) is 2. The quantitative estimate of drug-likeness (QED) is 0.624. The van der Waals surface area contributed by atoms with Crippen molar-refractivity contribution < 1.29 is 19.6 Å². The number of carbonyl (C=O) groups excluding carboxylic acids is 1. The van der Waals surface area contributed by atoms with Crippen molar-refractivity contribution in [1.29, 1.82) is 0 Å². The third-order valence-corrected chi connectivity index (χ3v) is 3.48. The molecular formula is C12H12BClO4. The summed E-state index contributed by atoms with van der Waals surface area (Å²) in [4.78, 5) is 11.8. The zero-order chi connectivity index (χ0) is 13.3. The lowest BCUT2D eigenvalue weighted by Gasteiger charge is -2.31. The second-order valence-electron chi connectivity index (χ2n) is 4.23. The normalized spacial score (nSPS) is 21.9. The highest BCUT2D eigenvalue weighted by molar-refractivity contribution is 6.56. The molecule has 0 spiro atoms. The van der Waals surface area contributed by atoms with Crippen LogP contribution in [0.15, 0.2) is 30.3 Å². The lowest BCUT2D eigenvalue weighted by Crippen LogP contribution is -2.42. The highest BCUT2D eigenvalue weighted by atomic mass is 35.5. The molecule has 1 aliphatic rings. The highest BCUT2D eigenvalue weighted by Crippen LogP contribution is 2.45. The van der Waals surface area contributed by atoms with Gasteiger partial charge in [0.15, 0.2) is 0 Å². The summed E-state index contributed by atoms with van der Waals surface area (Å²) in [5, 5.41) is 17.8. The summed E-state index contributed by atoms with van der Waals surface area (Å²) in [5.41, 5.74) is 1.57. The predicted octanol–water partition coefficient (Wildman–Crippen LogP) is 1.21. The number of hydrogen-bond acceptors (Lipinski definition) is 4. The zero-order valence-electron chi connectivity index (χ0n) is 9.76. The van der Waals surface area contributed by atoms with Gasteiger partial charge in [0.25, 0.3) is 0 Å². The summed E-state index contributed by atoms with van der Waals surface area (Å²) in [5.74, 6) is -0.717. The molecule has 0 fully saturated rings. The minimum Gasteiger partial charge on any atom is -0.469 e. The first kappa shape index (κ1) is 13.1. The fourth-order valence-corrected chi connectivity index (χ4v) is 2.55. The summed E-state index contributed by atoms with van der Waals surface area (Å²) in [6, 6.07) is 7.25. The molecule has 0 heterocycles. The van der Waals surface area contributed by atoms with E-state index in [1.165, 1.54) is 13.2 Å². The number of fused-ring (bicyclic) bond motifs is 1. The monoisotopic (exact) mass is 266 g/mol. The largest absolute Gasteiger partial charge is 0.474 e. The smallest absolute Gasteiger partial charge is 0.469 e. The Kier molecular flexibility index (Phi) is 3.48. The highest BCUT2D eigenvalue weighted by Gasteiger charge is 2.50. The number of methoxy groups -OCH3 is 1. The number of esters is 1. The maximum absolute atomic E-state index is 11.8. The average Bonchev–Trinajstić information content (AvgIpc) is 2.37. The van der Waals surface area contributed by atoms with Crippen LogP contribution in [-0.4, -0.2) is 30.2 Å². The van der Waals surface area contributed by atoms with Gasteiger partial charge in [0.2, 0.25) is 0 Å². The van der Waals surface area contributed by atoms with E-state index in [1.807, 2.05) is 12.1 Å². The molecule has 1 atom stereocenters. The van der Waals surface area contributed by atoms with Crippen LogP contribution in [0.5, 0.6) is 0 Å². The Balaban J connectivity index is 2.56. The van der Waals surface area contributed by atoms with E-state index in [9.17, 15) is 14.8 Å². The Morgan fingerprint density at radius 2 is 2.11 bits per heavy atom. The summed E-state index contributed by atoms with van der Waals surface area (Å²) in [6.45, 7) is 0. The molecule has 1 aliphatic carbocycles. The fraction of sp³-hybridized carbons (Fsp3) is 0.250. The lowest BCUT2D eigenvalue weighted by atomic mass is 9.53. The van der Waals surface area contributed by atoms with Crippen LogP contribution < -0.4 is 0 Å². The third kappa shape index (κ3) is 1.94. The molecule has 94 valence electrons. The van der Waals surface area contributed by atoms with E-state index in [0.717, 1.165) is 11.1 Å². The van der Waals surface area contributed by atoms with E-state index in [0.29, 0.717) is 5.03 Å². The molecule has 2 rings (SSSR count). The van der Waals surface area contributed by atoms with Gasteiger partial charge in [-0.15, -0.1) is 0 Å². The number of rotatable bonds is 2. The van der Waals surface area contributed by atoms with Crippen molar-refractivity contribution >= 4 is 29.7 Å². The topological polar surface area (TPSA) is 66.8 Å². The third-order valence-electron chi connectivity index (χ3n) is 3.17. The van der Waals surface area contributed by atoms with Crippen molar-refractivity contribution in [3.8, 4) is 0 Å². The molecule has 0 amide bonds. The molecule has 0 bridgehead atoms. The molecule has 0 aliphatic heterocycles. The molecule has 0 saturated carbocycles. The average molecular weight is 266 g/mol. The molecule has 6 heteroatoms. The van der Waals surface area contributed by atoms with E-state index in [-0.39, 0.29) is 6.42 Å². The van der Waals surface area contributed by atoms with Crippen molar-refractivity contribution in [2.75, 3.05) is 7.11 Å². The Bertz CT molecular complexity index is 515. The van der Waals surface area contributed by atoms with Crippen molar-refractivity contribution in [3.05, 3.63) is 41.5 Å². The molecule has 2 N–H and O–H groups in total. The summed E-state index contributed by atoms with van der Waals surface area (Å²) in [6.07, 6.45) is 1.50. The second kappa shape index (κ2) is 4.76. The molecule has 18 heavy (non-hydrogen) atoms. The lowest BCUT2D eigenvalue weighted by molar-refractivity contribution is -0.143. The number of ether oxygens (including phenoxy) is 1. The van der Waals surface area contributed by atoms with Crippen molar-refractivity contribution in [2.45, 2.75) is 11.7 Å². The first-order valence-electron chi connectivity index (χ1n) is 5.42. The Morgan fingerprint density at radius 3 is 2.72 bits per heavy atom. The molecule has 1 aromatic rings. The van der Waals surface area contributed by atoms with Crippen molar-refractivity contribution in [2.24, 2.45) is 0 Å². The van der Waals surface area contributed by atoms with E-state index in [2.05, 4.69) is 4.74 Å². The van der Waals surface area contributed by atoms with E-state index >= 15 is 0 Å². The Labute approximate surface area is 110 Å². The minimum atomic E-state index is -1.87. The molecular weight excluding hydrogens is 254 g/mol. The molecule has 0 radical (unpaired) electrons. The fourth-order valence-electron chi connectivity index (χ4n) is 2.17. The van der Waals surface area contributed by atoms with Gasteiger partial charge in [0.05, 0.1) is 7.11 Å². The molecule has 1 aromatic carbocycles. The van der Waals surface area contributed by atoms with Crippen LogP contribution in [0, 0.1) is 0 Å². The van der Waals surface area contributed by atoms with Crippen molar-refractivity contribution in [3.63, 3.8) is 0 Å². The first-order chi connectivity index (χ1) is 8.51. The van der Waals surface area contributed by atoms with Crippen LogP contribution in [-0.2, 0) is 16.0 Å². The second-order valence-corrected chi connectivity index (χ2v) is 4.64. The molecule has 0 saturated heterocycles. The maximum Gasteiger partial charge on any atom is 0.474 e. The zero-order valence-corrected chi connectivity index (χ0v) is 10.5. The first-order valence-corrected chi connectivity index (χ1v) is 5.80. The van der Waals surface area contributed by atoms with Crippen LogP contribution in [0.1, 0.15) is 11.1 Å². The van der Waals surface area contributed by atoms with Crippen LogP contribution in [0.25, 0.3) is 5.03 Å². The van der Waals surface area contributed by atoms with Crippen molar-refractivity contribution in [1.82, 2.24) is 0 Å². The van der Waals surface area contributed by atoms with Crippen LogP contribution in [0.4, 0.5) is 0 Å². The summed E-state index contributed by atoms with van der Waals surface area (Å²) in [7, 11) is -0.665. The van der Waals surface area contributed by atoms with Crippen LogP contribution in [0.3, 0.4) is 0 Å². The van der Waals surface area contributed by atoms with Gasteiger partial charge in [-0.2, -0.15) is 0 Å². The Hall–Kier alpha value is -1.30. The van der Waals surface area contributed by atoms with E-state index < -0.39 is 18.4 Å². The summed E-state index contributed by atoms with van der Waals surface area (Å²) >= 11 is 6.11. The number of benzene rings is 1. The summed E-state index contributed by atoms with van der Waals surface area (Å²) < 4.78 is 4.66. The molecule has 1 unspecified atom stereocenters. The maximum atomic E-state index is 11.8. The minimum absolute atomic E-state index is 0.143. The SMILES string of the molecule is COC(=O)C1(B(O)O)C=C(Cl)c2ccccc2C1. The van der Waals surface area contributed by atoms with Gasteiger partial charge < -0.3 is 14.8 Å². The van der Waals surface area contributed by atoms with Gasteiger partial charge in [-0.25, -0.2) is 0 Å². The van der Waals surface area contributed by atoms with Gasteiger partial charge in [-0.05, 0) is 23.6 Å². The number of halogens is 1. The van der Waals surface area contributed by atoms with Gasteiger partial charge in [-0.1, -0.05) is 35.9 Å². The Morgan fingerprint density at radius 1 is 1.44 bits per heavy atom. The molecule has 4 nitrogen and oxygen atoms in total. The molecule has 0 aromatic heterocycles. The van der Waals surface area contributed by atoms with Crippen LogP contribution in [0.2, 0.25) is 5.31 Å².